The van der Waals surface area contributed by atoms with E-state index in [-0.39, 0.29) is 11.7 Å². The fourth-order valence-corrected chi connectivity index (χ4v) is 2.66. The van der Waals surface area contributed by atoms with Crippen molar-refractivity contribution in [1.82, 2.24) is 0 Å². The van der Waals surface area contributed by atoms with Crippen LogP contribution >= 0.6 is 11.8 Å². The summed E-state index contributed by atoms with van der Waals surface area (Å²) in [7, 11) is 0. The molecular weight excluding hydrogens is 282 g/mol. The molecule has 0 spiro atoms. The largest absolute Gasteiger partial charge is 0.399 e. The number of hydrogen-bond donors (Lipinski definition) is 2. The predicted molar refractivity (Wildman–Crippen MR) is 86.1 cm³/mol. The van der Waals surface area contributed by atoms with Gasteiger partial charge in [0.05, 0.1) is 17.0 Å². The SMILES string of the molecule is Cc1cc(N)ccc1SCC(=O)Nc1ccccc1C#N. The maximum absolute atomic E-state index is 12.0. The monoisotopic (exact) mass is 297 g/mol. The summed E-state index contributed by atoms with van der Waals surface area (Å²) in [5.74, 6) is 0.142. The molecule has 21 heavy (non-hydrogen) atoms. The number of nitriles is 1. The number of anilines is 2. The molecule has 2 rings (SSSR count). The number of carbonyl (C=O) groups excluding carboxylic acids is 1. The maximum Gasteiger partial charge on any atom is 0.234 e. The van der Waals surface area contributed by atoms with E-state index in [0.717, 1.165) is 10.5 Å². The number of carbonyl (C=O) groups is 1. The van der Waals surface area contributed by atoms with Crippen LogP contribution in [0.3, 0.4) is 0 Å². The van der Waals surface area contributed by atoms with Gasteiger partial charge >= 0.3 is 0 Å². The minimum atomic E-state index is -0.140. The zero-order chi connectivity index (χ0) is 15.2. The smallest absolute Gasteiger partial charge is 0.234 e. The van der Waals surface area contributed by atoms with E-state index in [1.165, 1.54) is 11.8 Å². The van der Waals surface area contributed by atoms with Crippen LogP contribution in [0.5, 0.6) is 0 Å². The molecule has 3 N–H and O–H groups in total. The van der Waals surface area contributed by atoms with E-state index in [0.29, 0.717) is 16.9 Å². The molecule has 5 heteroatoms. The first-order valence-electron chi connectivity index (χ1n) is 6.38. The van der Waals surface area contributed by atoms with Crippen molar-refractivity contribution in [3.63, 3.8) is 0 Å². The molecule has 106 valence electrons. The lowest BCUT2D eigenvalue weighted by Crippen LogP contribution is -2.14. The molecule has 0 aliphatic rings. The number of amides is 1. The van der Waals surface area contributed by atoms with Gasteiger partial charge in [0.15, 0.2) is 0 Å². The fraction of sp³-hybridized carbons (Fsp3) is 0.125. The Morgan fingerprint density at radius 3 is 2.81 bits per heavy atom. The van der Waals surface area contributed by atoms with E-state index in [9.17, 15) is 4.79 Å². The number of benzene rings is 2. The number of nitrogens with two attached hydrogens (primary N) is 1. The van der Waals surface area contributed by atoms with Crippen molar-refractivity contribution >= 4 is 29.0 Å². The second-order valence-corrected chi connectivity index (χ2v) is 5.54. The van der Waals surface area contributed by atoms with Crippen LogP contribution in [0.15, 0.2) is 47.4 Å². The van der Waals surface area contributed by atoms with Crippen LogP contribution < -0.4 is 11.1 Å². The lowest BCUT2D eigenvalue weighted by atomic mass is 10.2. The quantitative estimate of drug-likeness (QED) is 0.671. The highest BCUT2D eigenvalue weighted by Gasteiger charge is 2.08. The van der Waals surface area contributed by atoms with Gasteiger partial charge in [-0.3, -0.25) is 4.79 Å². The molecule has 0 saturated heterocycles. The molecule has 1 amide bonds. The number of rotatable bonds is 4. The minimum Gasteiger partial charge on any atom is -0.399 e. The van der Waals surface area contributed by atoms with E-state index >= 15 is 0 Å². The van der Waals surface area contributed by atoms with Crippen molar-refractivity contribution in [2.75, 3.05) is 16.8 Å². The topological polar surface area (TPSA) is 78.9 Å². The number of para-hydroxylation sites is 1. The number of nitrogens with zero attached hydrogens (tertiary/aromatic N) is 1. The van der Waals surface area contributed by atoms with Gasteiger partial charge in [0, 0.05) is 10.6 Å². The third-order valence-electron chi connectivity index (χ3n) is 2.88. The van der Waals surface area contributed by atoms with E-state index in [2.05, 4.69) is 11.4 Å². The summed E-state index contributed by atoms with van der Waals surface area (Å²) in [4.78, 5) is 13.0. The van der Waals surface area contributed by atoms with Crippen LogP contribution in [0.25, 0.3) is 0 Å². The molecule has 0 aromatic heterocycles. The van der Waals surface area contributed by atoms with E-state index < -0.39 is 0 Å². The van der Waals surface area contributed by atoms with Gasteiger partial charge in [-0.05, 0) is 42.8 Å². The number of hydrogen-bond acceptors (Lipinski definition) is 4. The van der Waals surface area contributed by atoms with E-state index in [1.54, 1.807) is 24.3 Å². The van der Waals surface area contributed by atoms with Gasteiger partial charge in [-0.1, -0.05) is 12.1 Å². The molecule has 4 nitrogen and oxygen atoms in total. The van der Waals surface area contributed by atoms with Crippen molar-refractivity contribution in [3.05, 3.63) is 53.6 Å². The van der Waals surface area contributed by atoms with Crippen LogP contribution in [0.2, 0.25) is 0 Å². The molecule has 0 bridgehead atoms. The van der Waals surface area contributed by atoms with Crippen LogP contribution in [-0.2, 0) is 4.79 Å². The molecule has 0 atom stereocenters. The van der Waals surface area contributed by atoms with Crippen LogP contribution in [0.1, 0.15) is 11.1 Å². The fourth-order valence-electron chi connectivity index (χ4n) is 1.85. The molecule has 2 aromatic rings. The molecular formula is C16H15N3OS. The second-order valence-electron chi connectivity index (χ2n) is 4.52. The van der Waals surface area contributed by atoms with Crippen LogP contribution in [0.4, 0.5) is 11.4 Å². The van der Waals surface area contributed by atoms with Crippen LogP contribution in [0, 0.1) is 18.3 Å². The van der Waals surface area contributed by atoms with E-state index in [4.69, 9.17) is 11.0 Å². The summed E-state index contributed by atoms with van der Waals surface area (Å²) in [6.45, 7) is 1.96. The first-order valence-corrected chi connectivity index (χ1v) is 7.36. The Morgan fingerprint density at radius 1 is 1.33 bits per heavy atom. The molecule has 0 heterocycles. The highest BCUT2D eigenvalue weighted by atomic mass is 32.2. The molecule has 0 saturated carbocycles. The summed E-state index contributed by atoms with van der Waals surface area (Å²) < 4.78 is 0. The zero-order valence-corrected chi connectivity index (χ0v) is 12.4. The van der Waals surface area contributed by atoms with Gasteiger partial charge < -0.3 is 11.1 Å². The van der Waals surface area contributed by atoms with Gasteiger partial charge in [-0.25, -0.2) is 0 Å². The Labute approximate surface area is 128 Å². The molecule has 0 aliphatic heterocycles. The first-order chi connectivity index (χ1) is 10.1. The predicted octanol–water partition coefficient (Wildman–Crippen LogP) is 3.18. The van der Waals surface area contributed by atoms with Gasteiger partial charge in [0.1, 0.15) is 6.07 Å². The van der Waals surface area contributed by atoms with Gasteiger partial charge in [-0.2, -0.15) is 5.26 Å². The third kappa shape index (κ3) is 4.01. The lowest BCUT2D eigenvalue weighted by molar-refractivity contribution is -0.113. The van der Waals surface area contributed by atoms with Crippen LogP contribution in [-0.4, -0.2) is 11.7 Å². The average molecular weight is 297 g/mol. The van der Waals surface area contributed by atoms with Crippen molar-refractivity contribution in [2.24, 2.45) is 0 Å². The number of nitrogen functional groups attached to an aromatic ring is 1. The Hall–Kier alpha value is -2.45. The average Bonchev–Trinajstić information content (AvgIpc) is 2.47. The third-order valence-corrected chi connectivity index (χ3v) is 4.05. The molecule has 0 radical (unpaired) electrons. The van der Waals surface area contributed by atoms with Gasteiger partial charge in [-0.15, -0.1) is 11.8 Å². The lowest BCUT2D eigenvalue weighted by Gasteiger charge is -2.08. The van der Waals surface area contributed by atoms with Gasteiger partial charge in [0.25, 0.3) is 0 Å². The maximum atomic E-state index is 12.0. The van der Waals surface area contributed by atoms with Crippen molar-refractivity contribution in [2.45, 2.75) is 11.8 Å². The first kappa shape index (κ1) is 14.9. The Kier molecular flexibility index (Phi) is 4.85. The summed E-state index contributed by atoms with van der Waals surface area (Å²) >= 11 is 1.45. The van der Waals surface area contributed by atoms with Crippen molar-refractivity contribution < 1.29 is 4.79 Å². The summed E-state index contributed by atoms with van der Waals surface area (Å²) in [6.07, 6.45) is 0. The second kappa shape index (κ2) is 6.82. The van der Waals surface area contributed by atoms with Gasteiger partial charge in [0.2, 0.25) is 5.91 Å². The summed E-state index contributed by atoms with van der Waals surface area (Å²) in [5.41, 5.74) is 8.46. The highest BCUT2D eigenvalue weighted by molar-refractivity contribution is 8.00. The number of thioether (sulfide) groups is 1. The Bertz CT molecular complexity index is 707. The summed E-state index contributed by atoms with van der Waals surface area (Å²) in [6, 6.07) is 14.6. The van der Waals surface area contributed by atoms with E-state index in [1.807, 2.05) is 25.1 Å². The summed E-state index contributed by atoms with van der Waals surface area (Å²) in [5, 5.41) is 11.7. The normalized spacial score (nSPS) is 9.90. The molecule has 0 aliphatic carbocycles. The Morgan fingerprint density at radius 2 is 2.10 bits per heavy atom. The number of aryl methyl sites for hydroxylation is 1. The highest BCUT2D eigenvalue weighted by Crippen LogP contribution is 2.24. The molecule has 2 aromatic carbocycles. The molecule has 0 fully saturated rings. The zero-order valence-electron chi connectivity index (χ0n) is 11.6. The Balaban J connectivity index is 1.98. The van der Waals surface area contributed by atoms with Crippen molar-refractivity contribution in [1.29, 1.82) is 5.26 Å². The molecule has 0 unspecified atom stereocenters. The minimum absolute atomic E-state index is 0.140. The number of nitrogens with one attached hydrogen (secondary N) is 1. The van der Waals surface area contributed by atoms with Crippen molar-refractivity contribution in [3.8, 4) is 6.07 Å². The standard InChI is InChI=1S/C16H15N3OS/c1-11-8-13(18)6-7-15(11)21-10-16(20)19-14-5-3-2-4-12(14)9-17/h2-8H,10,18H2,1H3,(H,19,20).